The van der Waals surface area contributed by atoms with Crippen LogP contribution in [0.2, 0.25) is 0 Å². The van der Waals surface area contributed by atoms with E-state index in [2.05, 4.69) is 11.9 Å². The average Bonchev–Trinajstić information content (AvgIpc) is 2.42. The Labute approximate surface area is 115 Å². The summed E-state index contributed by atoms with van der Waals surface area (Å²) < 4.78 is 0. The lowest BCUT2D eigenvalue weighted by molar-refractivity contribution is -0.123. The van der Waals surface area contributed by atoms with Crippen molar-refractivity contribution in [2.45, 2.75) is 51.9 Å². The first kappa shape index (κ1) is 14.0. The fraction of sp³-hybridized carbons (Fsp3) is 0.625. The van der Waals surface area contributed by atoms with Crippen LogP contribution in [-0.4, -0.2) is 10.8 Å². The third kappa shape index (κ3) is 3.79. The number of nitrogen functional groups attached to an aromatic ring is 1. The van der Waals surface area contributed by atoms with Gasteiger partial charge in [0.2, 0.25) is 0 Å². The maximum absolute atomic E-state index is 12.3. The summed E-state index contributed by atoms with van der Waals surface area (Å²) >= 11 is 0. The number of Topliss-reactive ketones (excluding diaryl/α,β-unsaturated/α-hetero) is 1. The minimum Gasteiger partial charge on any atom is -0.398 e. The fourth-order valence-electron chi connectivity index (χ4n) is 3.10. The number of carbonyl (C=O) groups is 1. The molecule has 0 saturated heterocycles. The number of aromatic nitrogens is 1. The Morgan fingerprint density at radius 1 is 1.37 bits per heavy atom. The standard InChI is InChI=1S/C16H24N2O/c1-2-3-12-4-6-13(7-5-12)16(19)10-14-11-18-9-8-15(14)17/h8-9,11-13H,2-7,10H2,1H3,(H2,17,18). The smallest absolute Gasteiger partial charge is 0.140 e. The molecule has 0 aliphatic heterocycles. The van der Waals surface area contributed by atoms with Crippen molar-refractivity contribution in [3.05, 3.63) is 24.0 Å². The summed E-state index contributed by atoms with van der Waals surface area (Å²) in [6.07, 6.45) is 11.0. The summed E-state index contributed by atoms with van der Waals surface area (Å²) in [6.45, 7) is 2.24. The van der Waals surface area contributed by atoms with Crippen molar-refractivity contribution in [3.63, 3.8) is 0 Å². The average molecular weight is 260 g/mol. The number of pyridine rings is 1. The van der Waals surface area contributed by atoms with Crippen molar-refractivity contribution in [2.75, 3.05) is 5.73 Å². The summed E-state index contributed by atoms with van der Waals surface area (Å²) in [7, 11) is 0. The molecule has 0 bridgehead atoms. The minimum absolute atomic E-state index is 0.243. The molecule has 1 aromatic rings. The Morgan fingerprint density at radius 3 is 2.74 bits per heavy atom. The van der Waals surface area contributed by atoms with E-state index in [-0.39, 0.29) is 5.92 Å². The Kier molecular flexibility index (Phi) is 4.94. The molecule has 2 rings (SSSR count). The van der Waals surface area contributed by atoms with Crippen LogP contribution in [0.3, 0.4) is 0 Å². The van der Waals surface area contributed by atoms with Gasteiger partial charge in [-0.2, -0.15) is 0 Å². The summed E-state index contributed by atoms with van der Waals surface area (Å²) in [5.41, 5.74) is 7.43. The van der Waals surface area contributed by atoms with Gasteiger partial charge in [-0.25, -0.2) is 0 Å². The maximum atomic E-state index is 12.3. The molecule has 2 N–H and O–H groups in total. The van der Waals surface area contributed by atoms with Crippen LogP contribution in [-0.2, 0) is 11.2 Å². The molecule has 1 heterocycles. The highest BCUT2D eigenvalue weighted by atomic mass is 16.1. The molecule has 1 aliphatic rings. The molecule has 1 aliphatic carbocycles. The van der Waals surface area contributed by atoms with Crippen LogP contribution in [0.4, 0.5) is 5.69 Å². The van der Waals surface area contributed by atoms with E-state index in [1.165, 1.54) is 25.7 Å². The maximum Gasteiger partial charge on any atom is 0.140 e. The van der Waals surface area contributed by atoms with E-state index in [4.69, 9.17) is 5.73 Å². The van der Waals surface area contributed by atoms with Gasteiger partial charge in [-0.1, -0.05) is 19.8 Å². The summed E-state index contributed by atoms with van der Waals surface area (Å²) in [6, 6.07) is 1.76. The van der Waals surface area contributed by atoms with Crippen LogP contribution in [0, 0.1) is 11.8 Å². The first-order valence-corrected chi connectivity index (χ1v) is 7.41. The number of ketones is 1. The third-order valence-corrected chi connectivity index (χ3v) is 4.31. The van der Waals surface area contributed by atoms with Gasteiger partial charge in [0, 0.05) is 36.0 Å². The summed E-state index contributed by atoms with van der Waals surface area (Å²) in [5, 5.41) is 0. The molecule has 3 nitrogen and oxygen atoms in total. The lowest BCUT2D eigenvalue weighted by Gasteiger charge is -2.27. The van der Waals surface area contributed by atoms with Crippen LogP contribution in [0.1, 0.15) is 51.0 Å². The van der Waals surface area contributed by atoms with E-state index >= 15 is 0 Å². The van der Waals surface area contributed by atoms with Gasteiger partial charge in [0.15, 0.2) is 0 Å². The van der Waals surface area contributed by atoms with Gasteiger partial charge in [-0.05, 0) is 37.7 Å². The highest BCUT2D eigenvalue weighted by Crippen LogP contribution is 2.32. The second kappa shape index (κ2) is 6.69. The number of nitrogens with zero attached hydrogens (tertiary/aromatic N) is 1. The molecule has 1 saturated carbocycles. The number of carbonyl (C=O) groups excluding carboxylic acids is 1. The van der Waals surface area contributed by atoms with Gasteiger partial charge < -0.3 is 5.73 Å². The quantitative estimate of drug-likeness (QED) is 0.883. The second-order valence-corrected chi connectivity index (χ2v) is 5.72. The monoisotopic (exact) mass is 260 g/mol. The van der Waals surface area contributed by atoms with Crippen LogP contribution in [0.25, 0.3) is 0 Å². The molecule has 3 heteroatoms. The van der Waals surface area contributed by atoms with E-state index in [9.17, 15) is 4.79 Å². The SMILES string of the molecule is CCCC1CCC(C(=O)Cc2cnccc2N)CC1. The van der Waals surface area contributed by atoms with Crippen LogP contribution in [0.5, 0.6) is 0 Å². The van der Waals surface area contributed by atoms with Crippen LogP contribution < -0.4 is 5.73 Å². The van der Waals surface area contributed by atoms with Gasteiger partial charge in [0.05, 0.1) is 0 Å². The molecule has 0 amide bonds. The lowest BCUT2D eigenvalue weighted by Crippen LogP contribution is -2.23. The van der Waals surface area contributed by atoms with Gasteiger partial charge >= 0.3 is 0 Å². The molecule has 0 unspecified atom stereocenters. The van der Waals surface area contributed by atoms with Crippen molar-refractivity contribution in [1.82, 2.24) is 4.98 Å². The Morgan fingerprint density at radius 2 is 2.11 bits per heavy atom. The highest BCUT2D eigenvalue weighted by molar-refractivity contribution is 5.84. The molecule has 1 aromatic heterocycles. The molecule has 0 radical (unpaired) electrons. The predicted octanol–water partition coefficient (Wildman–Crippen LogP) is 3.38. The van der Waals surface area contributed by atoms with Gasteiger partial charge in [0.1, 0.15) is 5.78 Å². The van der Waals surface area contributed by atoms with Gasteiger partial charge in [0.25, 0.3) is 0 Å². The van der Waals surface area contributed by atoms with Crippen molar-refractivity contribution in [1.29, 1.82) is 0 Å². The van der Waals surface area contributed by atoms with Gasteiger partial charge in [-0.15, -0.1) is 0 Å². The van der Waals surface area contributed by atoms with E-state index in [1.807, 2.05) is 0 Å². The molecule has 104 valence electrons. The van der Waals surface area contributed by atoms with Gasteiger partial charge in [-0.3, -0.25) is 9.78 Å². The molecule has 0 spiro atoms. The molecular weight excluding hydrogens is 236 g/mol. The Bertz CT molecular complexity index is 423. The van der Waals surface area contributed by atoms with E-state index < -0.39 is 0 Å². The number of rotatable bonds is 5. The summed E-state index contributed by atoms with van der Waals surface area (Å²) in [4.78, 5) is 16.3. The van der Waals surface area contributed by atoms with Crippen molar-refractivity contribution in [3.8, 4) is 0 Å². The zero-order valence-corrected chi connectivity index (χ0v) is 11.8. The zero-order chi connectivity index (χ0) is 13.7. The fourth-order valence-corrected chi connectivity index (χ4v) is 3.10. The first-order chi connectivity index (χ1) is 9.20. The first-order valence-electron chi connectivity index (χ1n) is 7.41. The second-order valence-electron chi connectivity index (χ2n) is 5.72. The zero-order valence-electron chi connectivity index (χ0n) is 11.8. The normalized spacial score (nSPS) is 23.2. The molecule has 0 atom stereocenters. The molecule has 1 fully saturated rings. The van der Waals surface area contributed by atoms with Crippen molar-refractivity contribution >= 4 is 11.5 Å². The molecular formula is C16H24N2O. The molecule has 19 heavy (non-hydrogen) atoms. The number of anilines is 1. The van der Waals surface area contributed by atoms with E-state index in [1.54, 1.807) is 18.5 Å². The lowest BCUT2D eigenvalue weighted by atomic mass is 9.77. The number of hydrogen-bond acceptors (Lipinski definition) is 3. The third-order valence-electron chi connectivity index (χ3n) is 4.31. The topological polar surface area (TPSA) is 56.0 Å². The van der Waals surface area contributed by atoms with E-state index in [0.29, 0.717) is 17.9 Å². The summed E-state index contributed by atoms with van der Waals surface area (Å²) in [5.74, 6) is 1.43. The van der Waals surface area contributed by atoms with Crippen LogP contribution >= 0.6 is 0 Å². The minimum atomic E-state index is 0.243. The van der Waals surface area contributed by atoms with Crippen molar-refractivity contribution < 1.29 is 4.79 Å². The Hall–Kier alpha value is -1.38. The van der Waals surface area contributed by atoms with Crippen molar-refractivity contribution in [2.24, 2.45) is 11.8 Å². The molecule has 0 aromatic carbocycles. The van der Waals surface area contributed by atoms with Crippen LogP contribution in [0.15, 0.2) is 18.5 Å². The number of nitrogens with two attached hydrogens (primary N) is 1. The predicted molar refractivity (Wildman–Crippen MR) is 77.7 cm³/mol. The largest absolute Gasteiger partial charge is 0.398 e. The van der Waals surface area contributed by atoms with E-state index in [0.717, 1.165) is 24.3 Å². The number of hydrogen-bond donors (Lipinski definition) is 1. The highest BCUT2D eigenvalue weighted by Gasteiger charge is 2.25. The Balaban J connectivity index is 1.87.